The van der Waals surface area contributed by atoms with Crippen molar-refractivity contribution >= 4 is 23.5 Å². The Bertz CT molecular complexity index is 945. The van der Waals surface area contributed by atoms with Crippen molar-refractivity contribution in [3.63, 3.8) is 0 Å². The standard InChI is InChI=1S/C18H20ClF3N4O3/c1-9(2)15(10-5-6-13(11(19)7-10)29-18(20,21)22)25-16(28)12-8-14(27)24-17(23-12)26(3)4/h5-9,15H,1-4H3,(H,25,28)(H,23,24,27)/t15-/m1/s1. The number of aromatic amines is 1. The highest BCUT2D eigenvalue weighted by Gasteiger charge is 2.32. The van der Waals surface area contributed by atoms with E-state index in [9.17, 15) is 22.8 Å². The van der Waals surface area contributed by atoms with Crippen LogP contribution in [0, 0.1) is 5.92 Å². The summed E-state index contributed by atoms with van der Waals surface area (Å²) in [6.45, 7) is 3.63. The van der Waals surface area contributed by atoms with Gasteiger partial charge in [0.05, 0.1) is 11.1 Å². The number of anilines is 1. The summed E-state index contributed by atoms with van der Waals surface area (Å²) in [5.41, 5.74) is -0.108. The third-order valence-corrected chi connectivity index (χ3v) is 4.17. The van der Waals surface area contributed by atoms with Crippen molar-refractivity contribution in [1.82, 2.24) is 15.3 Å². The molecule has 29 heavy (non-hydrogen) atoms. The Labute approximate surface area is 169 Å². The summed E-state index contributed by atoms with van der Waals surface area (Å²) in [4.78, 5) is 32.6. The number of nitrogens with zero attached hydrogens (tertiary/aromatic N) is 2. The summed E-state index contributed by atoms with van der Waals surface area (Å²) >= 11 is 5.91. The molecule has 1 heterocycles. The Morgan fingerprint density at radius 2 is 1.93 bits per heavy atom. The minimum absolute atomic E-state index is 0.0915. The van der Waals surface area contributed by atoms with Crippen molar-refractivity contribution in [2.75, 3.05) is 19.0 Å². The van der Waals surface area contributed by atoms with E-state index in [1.54, 1.807) is 14.1 Å². The van der Waals surface area contributed by atoms with Crippen LogP contribution in [-0.2, 0) is 0 Å². The molecule has 0 radical (unpaired) electrons. The molecular weight excluding hydrogens is 413 g/mol. The Morgan fingerprint density at radius 1 is 1.28 bits per heavy atom. The van der Waals surface area contributed by atoms with Gasteiger partial charge >= 0.3 is 6.36 Å². The second-order valence-corrected chi connectivity index (χ2v) is 7.19. The molecule has 0 aliphatic heterocycles. The van der Waals surface area contributed by atoms with Crippen LogP contribution < -0.4 is 20.5 Å². The maximum atomic E-state index is 12.6. The Morgan fingerprint density at radius 3 is 2.45 bits per heavy atom. The number of ether oxygens (including phenoxy) is 1. The molecule has 1 amide bonds. The number of benzene rings is 1. The van der Waals surface area contributed by atoms with Crippen molar-refractivity contribution in [2.24, 2.45) is 5.92 Å². The number of hydrogen-bond donors (Lipinski definition) is 2. The molecule has 0 bridgehead atoms. The van der Waals surface area contributed by atoms with E-state index in [0.717, 1.165) is 12.1 Å². The van der Waals surface area contributed by atoms with E-state index in [2.05, 4.69) is 20.0 Å². The maximum Gasteiger partial charge on any atom is 0.573 e. The largest absolute Gasteiger partial charge is 0.573 e. The van der Waals surface area contributed by atoms with Gasteiger partial charge in [-0.05, 0) is 23.6 Å². The molecule has 1 aromatic carbocycles. The van der Waals surface area contributed by atoms with Gasteiger partial charge in [-0.15, -0.1) is 13.2 Å². The lowest BCUT2D eigenvalue weighted by Gasteiger charge is -2.24. The van der Waals surface area contributed by atoms with Gasteiger partial charge in [0.2, 0.25) is 5.95 Å². The highest BCUT2D eigenvalue weighted by molar-refractivity contribution is 6.32. The fourth-order valence-corrected chi connectivity index (χ4v) is 2.77. The second kappa shape index (κ2) is 8.73. The molecule has 1 atom stereocenters. The number of amides is 1. The van der Waals surface area contributed by atoms with Gasteiger partial charge in [0.25, 0.3) is 11.5 Å². The maximum absolute atomic E-state index is 12.6. The molecule has 158 valence electrons. The van der Waals surface area contributed by atoms with Gasteiger partial charge in [-0.1, -0.05) is 31.5 Å². The van der Waals surface area contributed by atoms with Gasteiger partial charge in [0, 0.05) is 20.2 Å². The van der Waals surface area contributed by atoms with Crippen molar-refractivity contribution in [1.29, 1.82) is 0 Å². The molecule has 0 aliphatic carbocycles. The fraction of sp³-hybridized carbons (Fsp3) is 0.389. The first-order valence-corrected chi connectivity index (χ1v) is 8.90. The molecule has 0 saturated carbocycles. The number of nitrogens with one attached hydrogen (secondary N) is 2. The van der Waals surface area contributed by atoms with Crippen LogP contribution in [0.5, 0.6) is 5.75 Å². The lowest BCUT2D eigenvalue weighted by Crippen LogP contribution is -2.33. The van der Waals surface area contributed by atoms with Gasteiger partial charge in [0.1, 0.15) is 11.4 Å². The summed E-state index contributed by atoms with van der Waals surface area (Å²) in [7, 11) is 3.31. The van der Waals surface area contributed by atoms with Crippen molar-refractivity contribution in [3.05, 3.63) is 50.9 Å². The van der Waals surface area contributed by atoms with E-state index in [0.29, 0.717) is 5.56 Å². The fourth-order valence-electron chi connectivity index (χ4n) is 2.54. The molecule has 0 saturated heterocycles. The third kappa shape index (κ3) is 6.11. The normalized spacial score (nSPS) is 12.6. The van der Waals surface area contributed by atoms with Crippen molar-refractivity contribution in [3.8, 4) is 5.75 Å². The quantitative estimate of drug-likeness (QED) is 0.729. The Kier molecular flexibility index (Phi) is 6.78. The lowest BCUT2D eigenvalue weighted by molar-refractivity contribution is -0.274. The van der Waals surface area contributed by atoms with Crippen LogP contribution in [0.4, 0.5) is 19.1 Å². The smallest absolute Gasteiger partial charge is 0.404 e. The highest BCUT2D eigenvalue weighted by atomic mass is 35.5. The topological polar surface area (TPSA) is 87.3 Å². The van der Waals surface area contributed by atoms with E-state index in [1.165, 1.54) is 17.0 Å². The van der Waals surface area contributed by atoms with Crippen molar-refractivity contribution in [2.45, 2.75) is 26.3 Å². The van der Waals surface area contributed by atoms with Gasteiger partial charge < -0.3 is 15.0 Å². The van der Waals surface area contributed by atoms with Crippen molar-refractivity contribution < 1.29 is 22.7 Å². The number of alkyl halides is 3. The molecule has 2 N–H and O–H groups in total. The SMILES string of the molecule is CC(C)[C@@H](NC(=O)c1cc(=O)[nH]c(N(C)C)n1)c1ccc(OC(F)(F)F)c(Cl)c1. The molecule has 2 aromatic rings. The molecule has 7 nitrogen and oxygen atoms in total. The van der Waals surface area contributed by atoms with E-state index in [1.807, 2.05) is 13.8 Å². The summed E-state index contributed by atoms with van der Waals surface area (Å²) in [5, 5.41) is 2.50. The molecular formula is C18H20ClF3N4O3. The number of aromatic nitrogens is 2. The summed E-state index contributed by atoms with van der Waals surface area (Å²) in [6, 6.07) is 4.23. The summed E-state index contributed by atoms with van der Waals surface area (Å²) in [5.74, 6) is -1.08. The van der Waals surface area contributed by atoms with Gasteiger partial charge in [-0.3, -0.25) is 14.6 Å². The lowest BCUT2D eigenvalue weighted by atomic mass is 9.95. The molecule has 0 unspecified atom stereocenters. The Hall–Kier alpha value is -2.75. The van der Waals surface area contributed by atoms with Crippen LogP contribution in [0.3, 0.4) is 0 Å². The number of H-pyrrole nitrogens is 1. The zero-order chi connectivity index (χ0) is 21.9. The van der Waals surface area contributed by atoms with Crippen LogP contribution in [0.25, 0.3) is 0 Å². The number of halogens is 4. The Balaban J connectivity index is 2.30. The minimum Gasteiger partial charge on any atom is -0.404 e. The number of hydrogen-bond acceptors (Lipinski definition) is 5. The third-order valence-electron chi connectivity index (χ3n) is 3.88. The van der Waals surface area contributed by atoms with Gasteiger partial charge in [-0.2, -0.15) is 0 Å². The van der Waals surface area contributed by atoms with Crippen LogP contribution in [-0.4, -0.2) is 36.3 Å². The number of carbonyl (C=O) groups excluding carboxylic acids is 1. The van der Waals surface area contributed by atoms with E-state index >= 15 is 0 Å². The average molecular weight is 433 g/mol. The highest BCUT2D eigenvalue weighted by Crippen LogP contribution is 2.33. The minimum atomic E-state index is -4.87. The van der Waals surface area contributed by atoms with Crippen LogP contribution in [0.15, 0.2) is 29.1 Å². The second-order valence-electron chi connectivity index (χ2n) is 6.78. The van der Waals surface area contributed by atoms with E-state index in [-0.39, 0.29) is 22.6 Å². The molecule has 2 rings (SSSR count). The van der Waals surface area contributed by atoms with E-state index < -0.39 is 29.6 Å². The molecule has 11 heteroatoms. The van der Waals surface area contributed by atoms with Crippen LogP contribution in [0.1, 0.15) is 35.9 Å². The molecule has 0 fully saturated rings. The summed E-state index contributed by atoms with van der Waals surface area (Å²) in [6.07, 6.45) is -4.87. The number of rotatable bonds is 6. The average Bonchev–Trinajstić information content (AvgIpc) is 2.59. The van der Waals surface area contributed by atoms with Crippen LogP contribution in [0.2, 0.25) is 5.02 Å². The first kappa shape index (κ1) is 22.5. The van der Waals surface area contributed by atoms with Crippen LogP contribution >= 0.6 is 11.6 Å². The monoisotopic (exact) mass is 432 g/mol. The molecule has 0 aliphatic rings. The summed E-state index contributed by atoms with van der Waals surface area (Å²) < 4.78 is 41.1. The first-order chi connectivity index (χ1) is 13.4. The van der Waals surface area contributed by atoms with Gasteiger partial charge in [0.15, 0.2) is 0 Å². The predicted octanol–water partition coefficient (Wildman–Crippen LogP) is 3.52. The number of carbonyl (C=O) groups is 1. The molecule has 1 aromatic heterocycles. The van der Waals surface area contributed by atoms with Gasteiger partial charge in [-0.25, -0.2) is 4.98 Å². The zero-order valence-corrected chi connectivity index (χ0v) is 16.9. The zero-order valence-electron chi connectivity index (χ0n) is 16.1. The predicted molar refractivity (Wildman–Crippen MR) is 102 cm³/mol. The molecule has 0 spiro atoms. The first-order valence-electron chi connectivity index (χ1n) is 8.52. The van der Waals surface area contributed by atoms with E-state index in [4.69, 9.17) is 11.6 Å².